The first kappa shape index (κ1) is 42.7. The zero-order chi connectivity index (χ0) is 42.1. The van der Waals surface area contributed by atoms with Gasteiger partial charge in [-0.3, -0.25) is 20.2 Å². The number of aryl methyl sites for hydroxylation is 1. The zero-order valence-corrected chi connectivity index (χ0v) is 34.4. The molecule has 312 valence electrons. The van der Waals surface area contributed by atoms with Gasteiger partial charge in [0.15, 0.2) is 0 Å². The molecular weight excluding hydrogens is 751 g/mol. The Morgan fingerprint density at radius 3 is 2.39 bits per heavy atom. The minimum Gasteiger partial charge on any atom is -0.462 e. The number of nitrogens with one attached hydrogen (secondary N) is 2. The molecule has 3 N–H and O–H groups in total. The van der Waals surface area contributed by atoms with Crippen LogP contribution < -0.4 is 10.7 Å². The van der Waals surface area contributed by atoms with Crippen molar-refractivity contribution in [2.45, 2.75) is 84.8 Å². The van der Waals surface area contributed by atoms with E-state index in [2.05, 4.69) is 20.7 Å². The van der Waals surface area contributed by atoms with Gasteiger partial charge in [0.05, 0.1) is 30.1 Å². The van der Waals surface area contributed by atoms with Gasteiger partial charge in [0, 0.05) is 49.0 Å². The number of amides is 4. The van der Waals surface area contributed by atoms with Crippen LogP contribution in [0.15, 0.2) is 97.2 Å². The first-order valence-corrected chi connectivity index (χ1v) is 20.2. The second kappa shape index (κ2) is 19.3. The number of aliphatic hydroxyl groups excluding tert-OH is 1. The number of esters is 1. The molecular formula is C45H55N7O7. The standard InChI is InChI=1S/C45H55N7O7/c1-6-30(2)39(52-24-23-50(44(52)57)27-35-16-12-13-31(3)47-35)41(54)48-37(25-32-14-8-7-9-15-32)38(53)28-51(49-43(56)59-40-42(55)58-29-45(40,4)5)26-33-18-20-34(21-19-33)36-17-10-11-22-46-36/h7-22,30,37-40,53H,6,23-29H2,1-5H3,(H,48,54)(H,49,56)/t30-,37-,38-,39-,40+/m0/s1. The Labute approximate surface area is 345 Å². The first-order chi connectivity index (χ1) is 28.3. The number of carbonyl (C=O) groups is 4. The van der Waals surface area contributed by atoms with Crippen molar-refractivity contribution < 1.29 is 33.8 Å². The maximum absolute atomic E-state index is 14.5. The number of aromatic nitrogens is 2. The summed E-state index contributed by atoms with van der Waals surface area (Å²) in [6.45, 7) is 10.6. The van der Waals surface area contributed by atoms with E-state index in [1.807, 2.05) is 112 Å². The molecule has 59 heavy (non-hydrogen) atoms. The second-order valence-electron chi connectivity index (χ2n) is 16.2. The molecule has 2 saturated heterocycles. The van der Waals surface area contributed by atoms with Crippen LogP contribution in [-0.4, -0.2) is 104 Å². The number of carbonyl (C=O) groups excluding carboxylic acids is 4. The molecule has 0 aliphatic carbocycles. The number of ether oxygens (including phenoxy) is 2. The Morgan fingerprint density at radius 2 is 1.73 bits per heavy atom. The quantitative estimate of drug-likeness (QED) is 0.0944. The molecule has 2 aromatic heterocycles. The summed E-state index contributed by atoms with van der Waals surface area (Å²) in [5.74, 6) is -1.21. The molecule has 5 atom stereocenters. The van der Waals surface area contributed by atoms with Gasteiger partial charge in [-0.15, -0.1) is 0 Å². The number of hydrogen-bond donors (Lipinski definition) is 3. The van der Waals surface area contributed by atoms with E-state index < -0.39 is 41.8 Å². The highest BCUT2D eigenvalue weighted by Gasteiger charge is 2.47. The largest absolute Gasteiger partial charge is 0.462 e. The molecule has 0 radical (unpaired) electrons. The Kier molecular flexibility index (Phi) is 14.0. The van der Waals surface area contributed by atoms with Gasteiger partial charge >= 0.3 is 18.1 Å². The molecule has 0 bridgehead atoms. The van der Waals surface area contributed by atoms with E-state index in [9.17, 15) is 24.3 Å². The van der Waals surface area contributed by atoms with E-state index in [4.69, 9.17) is 9.47 Å². The van der Waals surface area contributed by atoms with E-state index in [1.165, 1.54) is 5.01 Å². The molecule has 4 heterocycles. The average molecular weight is 806 g/mol. The fourth-order valence-electron chi connectivity index (χ4n) is 7.47. The summed E-state index contributed by atoms with van der Waals surface area (Å²) in [7, 11) is 0. The maximum atomic E-state index is 14.5. The normalized spacial score (nSPS) is 18.3. The molecule has 0 spiro atoms. The third kappa shape index (κ3) is 11.0. The van der Waals surface area contributed by atoms with Gasteiger partial charge in [0.1, 0.15) is 12.6 Å². The van der Waals surface area contributed by atoms with E-state index in [0.717, 1.165) is 33.8 Å². The SMILES string of the molecule is CC[C@H](C)[C@@H](C(=O)N[C@@H](Cc1ccccc1)[C@@H](O)CN(Cc1ccc(-c2ccccn2)cc1)NC(=O)O[C@@H]1C(=O)OCC1(C)C)N1CCN(Cc2cccc(C)n2)C1=O. The lowest BCUT2D eigenvalue weighted by Gasteiger charge is -2.35. The maximum Gasteiger partial charge on any atom is 0.422 e. The molecule has 2 aromatic carbocycles. The second-order valence-corrected chi connectivity index (χ2v) is 16.2. The van der Waals surface area contributed by atoms with Crippen LogP contribution in [0.1, 0.15) is 56.6 Å². The van der Waals surface area contributed by atoms with Gasteiger partial charge in [-0.25, -0.2) is 19.4 Å². The highest BCUT2D eigenvalue weighted by atomic mass is 16.6. The number of cyclic esters (lactones) is 1. The highest BCUT2D eigenvalue weighted by Crippen LogP contribution is 2.31. The number of rotatable bonds is 17. The van der Waals surface area contributed by atoms with Crippen molar-refractivity contribution in [2.24, 2.45) is 11.3 Å². The molecule has 0 saturated carbocycles. The van der Waals surface area contributed by atoms with Crippen LogP contribution in [-0.2, 0) is 38.6 Å². The van der Waals surface area contributed by atoms with Crippen LogP contribution in [0.25, 0.3) is 11.3 Å². The van der Waals surface area contributed by atoms with Crippen molar-refractivity contribution in [1.29, 1.82) is 0 Å². The van der Waals surface area contributed by atoms with Gasteiger partial charge in [0.25, 0.3) is 0 Å². The Morgan fingerprint density at radius 1 is 0.983 bits per heavy atom. The third-order valence-corrected chi connectivity index (χ3v) is 11.0. The minimum atomic E-state index is -1.23. The van der Waals surface area contributed by atoms with Crippen molar-refractivity contribution in [3.05, 3.63) is 120 Å². The predicted molar refractivity (Wildman–Crippen MR) is 221 cm³/mol. The average Bonchev–Trinajstić information content (AvgIpc) is 3.70. The van der Waals surface area contributed by atoms with Gasteiger partial charge in [0.2, 0.25) is 12.0 Å². The summed E-state index contributed by atoms with van der Waals surface area (Å²) in [6, 6.07) is 26.6. The molecule has 6 rings (SSSR count). The van der Waals surface area contributed by atoms with Gasteiger partial charge < -0.3 is 29.7 Å². The molecule has 2 aliphatic rings. The van der Waals surface area contributed by atoms with Crippen LogP contribution in [0.3, 0.4) is 0 Å². The van der Waals surface area contributed by atoms with Gasteiger partial charge in [-0.2, -0.15) is 0 Å². The number of benzene rings is 2. The van der Waals surface area contributed by atoms with Crippen LogP contribution in [0.4, 0.5) is 9.59 Å². The molecule has 0 unspecified atom stereocenters. The molecule has 14 heteroatoms. The summed E-state index contributed by atoms with van der Waals surface area (Å²) in [6.07, 6.45) is -0.613. The summed E-state index contributed by atoms with van der Waals surface area (Å²) in [4.78, 5) is 66.6. The van der Waals surface area contributed by atoms with Crippen molar-refractivity contribution in [3.63, 3.8) is 0 Å². The summed E-state index contributed by atoms with van der Waals surface area (Å²) >= 11 is 0. The van der Waals surface area contributed by atoms with Crippen molar-refractivity contribution in [2.75, 3.05) is 26.2 Å². The lowest BCUT2D eigenvalue weighted by atomic mass is 9.90. The van der Waals surface area contributed by atoms with Crippen LogP contribution >= 0.6 is 0 Å². The number of urea groups is 1. The Hall–Kier alpha value is -5.86. The zero-order valence-electron chi connectivity index (χ0n) is 34.4. The van der Waals surface area contributed by atoms with Crippen molar-refractivity contribution in [3.8, 4) is 11.3 Å². The fraction of sp³-hybridized carbons (Fsp3) is 0.422. The third-order valence-electron chi connectivity index (χ3n) is 11.0. The molecule has 4 aromatic rings. The number of hydrogen-bond acceptors (Lipinski definition) is 10. The monoisotopic (exact) mass is 805 g/mol. The molecule has 14 nitrogen and oxygen atoms in total. The predicted octanol–water partition coefficient (Wildman–Crippen LogP) is 5.29. The molecule has 2 aliphatic heterocycles. The molecule has 4 amide bonds. The van der Waals surface area contributed by atoms with Crippen LogP contribution in [0, 0.1) is 18.3 Å². The number of nitrogens with zero attached hydrogens (tertiary/aromatic N) is 5. The summed E-state index contributed by atoms with van der Waals surface area (Å²) in [5, 5.41) is 16.7. The smallest absolute Gasteiger partial charge is 0.422 e. The number of aliphatic hydroxyl groups is 1. The fourth-order valence-corrected chi connectivity index (χ4v) is 7.47. The topological polar surface area (TPSA) is 167 Å². The van der Waals surface area contributed by atoms with E-state index >= 15 is 0 Å². The Balaban J connectivity index is 1.22. The first-order valence-electron chi connectivity index (χ1n) is 20.2. The summed E-state index contributed by atoms with van der Waals surface area (Å²) in [5.41, 5.74) is 7.03. The number of hydrazine groups is 1. The summed E-state index contributed by atoms with van der Waals surface area (Å²) < 4.78 is 10.8. The van der Waals surface area contributed by atoms with Crippen LogP contribution in [0.2, 0.25) is 0 Å². The van der Waals surface area contributed by atoms with Crippen molar-refractivity contribution >= 4 is 24.0 Å². The van der Waals surface area contributed by atoms with E-state index in [-0.39, 0.29) is 44.0 Å². The van der Waals surface area contributed by atoms with Crippen LogP contribution in [0.5, 0.6) is 0 Å². The van der Waals surface area contributed by atoms with Gasteiger partial charge in [-0.05, 0) is 54.7 Å². The van der Waals surface area contributed by atoms with Gasteiger partial charge in [-0.1, -0.05) is 101 Å². The van der Waals surface area contributed by atoms with E-state index in [0.29, 0.717) is 26.1 Å². The Bertz CT molecular complexity index is 2050. The number of pyridine rings is 2. The lowest BCUT2D eigenvalue weighted by Crippen LogP contribution is -2.58. The molecule has 2 fully saturated rings. The van der Waals surface area contributed by atoms with E-state index in [1.54, 1.807) is 29.8 Å². The lowest BCUT2D eigenvalue weighted by molar-refractivity contribution is -0.145. The highest BCUT2D eigenvalue weighted by molar-refractivity contribution is 5.88. The van der Waals surface area contributed by atoms with Crippen molar-refractivity contribution in [1.82, 2.24) is 35.5 Å². The minimum absolute atomic E-state index is 0.109.